The van der Waals surface area contributed by atoms with E-state index >= 15 is 0 Å². The molecule has 1 aromatic heterocycles. The monoisotopic (exact) mass is 435 g/mol. The number of para-hydroxylation sites is 1. The van der Waals surface area contributed by atoms with E-state index in [2.05, 4.69) is 10.3 Å². The number of esters is 2. The Morgan fingerprint density at radius 3 is 2.53 bits per heavy atom. The van der Waals surface area contributed by atoms with E-state index in [-0.39, 0.29) is 12.2 Å². The Hall–Kier alpha value is -4.14. The summed E-state index contributed by atoms with van der Waals surface area (Å²) >= 11 is 0. The lowest BCUT2D eigenvalue weighted by Crippen LogP contribution is -2.47. The van der Waals surface area contributed by atoms with E-state index in [9.17, 15) is 9.59 Å². The first-order valence-corrected chi connectivity index (χ1v) is 9.82. The van der Waals surface area contributed by atoms with Crippen LogP contribution in [0.5, 0.6) is 0 Å². The average molecular weight is 435 g/mol. The van der Waals surface area contributed by atoms with Crippen molar-refractivity contribution in [2.75, 3.05) is 12.8 Å². The molecule has 1 aliphatic heterocycles. The highest BCUT2D eigenvalue weighted by Crippen LogP contribution is 2.43. The van der Waals surface area contributed by atoms with E-state index in [1.807, 2.05) is 30.3 Å². The zero-order chi connectivity index (χ0) is 22.7. The predicted octanol–water partition coefficient (Wildman–Crippen LogP) is 3.26. The third-order valence-corrected chi connectivity index (χ3v) is 5.12. The molecule has 0 saturated carbocycles. The van der Waals surface area contributed by atoms with Crippen LogP contribution in [0.2, 0.25) is 0 Å². The SMILES string of the molecule is COC(=O)[C@@]1([C@@H](OC(C)=O)c2cc(-c3ccccc3)no2)CC(c2ccccc2N)=NO1. The number of hydrogen-bond acceptors (Lipinski definition) is 9. The lowest BCUT2D eigenvalue weighted by molar-refractivity contribution is -0.194. The lowest BCUT2D eigenvalue weighted by Gasteiger charge is -2.29. The van der Waals surface area contributed by atoms with E-state index in [0.29, 0.717) is 22.7 Å². The molecule has 2 heterocycles. The molecule has 0 fully saturated rings. The van der Waals surface area contributed by atoms with Gasteiger partial charge < -0.3 is 24.6 Å². The standard InChI is InChI=1S/C23H21N3O6/c1-14(27)30-21(20-12-18(25-31-20)15-8-4-3-5-9-15)23(22(28)29-2)13-19(26-32-23)16-10-6-7-11-17(16)24/h3-12,21H,13,24H2,1-2H3/t21-,23-/m0/s1. The fraction of sp³-hybridized carbons (Fsp3) is 0.217. The summed E-state index contributed by atoms with van der Waals surface area (Å²) in [5, 5.41) is 8.15. The van der Waals surface area contributed by atoms with E-state index in [1.165, 1.54) is 14.0 Å². The number of nitrogen functional groups attached to an aromatic ring is 1. The van der Waals surface area contributed by atoms with Crippen LogP contribution in [0.3, 0.4) is 0 Å². The number of carbonyl (C=O) groups excluding carboxylic acids is 2. The molecule has 9 nitrogen and oxygen atoms in total. The molecular weight excluding hydrogens is 414 g/mol. The number of nitrogens with zero attached hydrogens (tertiary/aromatic N) is 2. The molecule has 0 amide bonds. The van der Waals surface area contributed by atoms with Gasteiger partial charge in [0.1, 0.15) is 5.69 Å². The van der Waals surface area contributed by atoms with Crippen molar-refractivity contribution in [1.82, 2.24) is 5.16 Å². The highest BCUT2D eigenvalue weighted by molar-refractivity contribution is 6.08. The molecule has 2 aromatic carbocycles. The number of ether oxygens (including phenoxy) is 2. The maximum atomic E-state index is 13.0. The third-order valence-electron chi connectivity index (χ3n) is 5.12. The normalized spacial score (nSPS) is 18.4. The van der Waals surface area contributed by atoms with Crippen molar-refractivity contribution in [2.45, 2.75) is 25.0 Å². The molecule has 0 saturated heterocycles. The van der Waals surface area contributed by atoms with E-state index < -0.39 is 23.6 Å². The predicted molar refractivity (Wildman–Crippen MR) is 114 cm³/mol. The van der Waals surface area contributed by atoms with Gasteiger partial charge in [-0.25, -0.2) is 4.79 Å². The molecule has 2 N–H and O–H groups in total. The molecule has 4 rings (SSSR count). The van der Waals surface area contributed by atoms with Gasteiger partial charge >= 0.3 is 11.9 Å². The fourth-order valence-corrected chi connectivity index (χ4v) is 3.59. The maximum absolute atomic E-state index is 13.0. The number of anilines is 1. The number of hydrogen-bond donors (Lipinski definition) is 1. The first-order chi connectivity index (χ1) is 15.4. The van der Waals surface area contributed by atoms with Crippen molar-refractivity contribution in [1.29, 1.82) is 0 Å². The van der Waals surface area contributed by atoms with Crippen LogP contribution < -0.4 is 5.73 Å². The Morgan fingerprint density at radius 2 is 1.84 bits per heavy atom. The fourth-order valence-electron chi connectivity index (χ4n) is 3.59. The Balaban J connectivity index is 1.75. The van der Waals surface area contributed by atoms with Crippen molar-refractivity contribution in [3.8, 4) is 11.3 Å². The second kappa shape index (κ2) is 8.54. The van der Waals surface area contributed by atoms with E-state index in [4.69, 9.17) is 24.6 Å². The topological polar surface area (TPSA) is 126 Å². The molecule has 0 bridgehead atoms. The van der Waals surface area contributed by atoms with Crippen LogP contribution in [-0.2, 0) is 23.9 Å². The van der Waals surface area contributed by atoms with Gasteiger partial charge in [-0.05, 0) is 6.07 Å². The number of rotatable bonds is 6. The van der Waals surface area contributed by atoms with Crippen LogP contribution in [0, 0.1) is 0 Å². The molecule has 9 heteroatoms. The second-order valence-corrected chi connectivity index (χ2v) is 7.24. The highest BCUT2D eigenvalue weighted by Gasteiger charge is 2.58. The Bertz CT molecular complexity index is 1170. The highest BCUT2D eigenvalue weighted by atomic mass is 16.7. The minimum absolute atomic E-state index is 0.0623. The molecule has 3 aromatic rings. The van der Waals surface area contributed by atoms with Crippen LogP contribution in [0.4, 0.5) is 5.69 Å². The lowest BCUT2D eigenvalue weighted by atomic mass is 9.87. The Kier molecular flexibility index (Phi) is 5.63. The number of carbonyl (C=O) groups is 2. The number of methoxy groups -OCH3 is 1. The van der Waals surface area contributed by atoms with Gasteiger partial charge in [-0.3, -0.25) is 4.79 Å². The minimum Gasteiger partial charge on any atom is -0.466 e. The quantitative estimate of drug-likeness (QED) is 0.462. The van der Waals surface area contributed by atoms with Gasteiger partial charge in [0.05, 0.1) is 19.2 Å². The largest absolute Gasteiger partial charge is 0.466 e. The molecule has 1 aliphatic rings. The Morgan fingerprint density at radius 1 is 1.12 bits per heavy atom. The van der Waals surface area contributed by atoms with Crippen LogP contribution in [-0.4, -0.2) is 35.5 Å². The van der Waals surface area contributed by atoms with Gasteiger partial charge in [0.15, 0.2) is 5.76 Å². The van der Waals surface area contributed by atoms with Gasteiger partial charge in [-0.2, -0.15) is 0 Å². The van der Waals surface area contributed by atoms with Crippen molar-refractivity contribution in [2.24, 2.45) is 5.16 Å². The molecule has 0 unspecified atom stereocenters. The zero-order valence-electron chi connectivity index (χ0n) is 17.5. The van der Waals surface area contributed by atoms with Crippen molar-refractivity contribution in [3.05, 3.63) is 72.0 Å². The molecular formula is C23H21N3O6. The second-order valence-electron chi connectivity index (χ2n) is 7.24. The van der Waals surface area contributed by atoms with Crippen LogP contribution in [0.15, 0.2) is 70.3 Å². The molecule has 0 spiro atoms. The van der Waals surface area contributed by atoms with Crippen molar-refractivity contribution in [3.63, 3.8) is 0 Å². The van der Waals surface area contributed by atoms with E-state index in [1.54, 1.807) is 30.3 Å². The average Bonchev–Trinajstić information content (AvgIpc) is 3.46. The number of aromatic nitrogens is 1. The number of nitrogens with two attached hydrogens (primary N) is 1. The summed E-state index contributed by atoms with van der Waals surface area (Å²) in [6.07, 6.45) is -1.36. The van der Waals surface area contributed by atoms with Crippen molar-refractivity contribution >= 4 is 23.3 Å². The number of benzene rings is 2. The third kappa shape index (κ3) is 3.80. The van der Waals surface area contributed by atoms with Crippen LogP contribution >= 0.6 is 0 Å². The first-order valence-electron chi connectivity index (χ1n) is 9.82. The minimum atomic E-state index is -1.81. The zero-order valence-corrected chi connectivity index (χ0v) is 17.5. The van der Waals surface area contributed by atoms with Crippen LogP contribution in [0.25, 0.3) is 11.3 Å². The molecule has 0 radical (unpaired) electrons. The molecule has 32 heavy (non-hydrogen) atoms. The maximum Gasteiger partial charge on any atom is 0.358 e. The summed E-state index contributed by atoms with van der Waals surface area (Å²) < 4.78 is 16.0. The smallest absolute Gasteiger partial charge is 0.358 e. The van der Waals surface area contributed by atoms with Gasteiger partial charge in [0, 0.05) is 29.8 Å². The summed E-state index contributed by atoms with van der Waals surface area (Å²) in [6.45, 7) is 1.22. The summed E-state index contributed by atoms with van der Waals surface area (Å²) in [5.41, 5.74) is 7.02. The van der Waals surface area contributed by atoms with E-state index in [0.717, 1.165) is 5.56 Å². The summed E-state index contributed by atoms with van der Waals surface area (Å²) in [4.78, 5) is 30.6. The van der Waals surface area contributed by atoms with Gasteiger partial charge in [-0.1, -0.05) is 58.8 Å². The molecule has 164 valence electrons. The molecule has 0 aliphatic carbocycles. The molecule has 2 atom stereocenters. The summed E-state index contributed by atoms with van der Waals surface area (Å²) in [5.74, 6) is -1.32. The van der Waals surface area contributed by atoms with Gasteiger partial charge in [0.25, 0.3) is 5.60 Å². The van der Waals surface area contributed by atoms with Gasteiger partial charge in [-0.15, -0.1) is 0 Å². The Labute approximate surface area is 183 Å². The summed E-state index contributed by atoms with van der Waals surface area (Å²) in [6, 6.07) is 17.9. The van der Waals surface area contributed by atoms with Crippen molar-refractivity contribution < 1.29 is 28.4 Å². The van der Waals surface area contributed by atoms with Gasteiger partial charge in [0.2, 0.25) is 6.10 Å². The van der Waals surface area contributed by atoms with Crippen LogP contribution in [0.1, 0.15) is 30.8 Å². The first kappa shape index (κ1) is 21.1. The number of oxime groups is 1. The summed E-state index contributed by atoms with van der Waals surface area (Å²) in [7, 11) is 1.21.